The van der Waals surface area contributed by atoms with Gasteiger partial charge in [-0.1, -0.05) is 26.8 Å². The summed E-state index contributed by atoms with van der Waals surface area (Å²) in [4.78, 5) is 4.74. The van der Waals surface area contributed by atoms with E-state index < -0.39 is 0 Å². The molecule has 0 spiro atoms. The summed E-state index contributed by atoms with van der Waals surface area (Å²) in [6.45, 7) is 8.92. The van der Waals surface area contributed by atoms with E-state index in [-0.39, 0.29) is 11.5 Å². The van der Waals surface area contributed by atoms with Crippen LogP contribution < -0.4 is 5.73 Å². The van der Waals surface area contributed by atoms with Crippen molar-refractivity contribution >= 4 is 11.1 Å². The Labute approximate surface area is 120 Å². The second-order valence-corrected chi connectivity index (χ2v) is 6.93. The highest BCUT2D eigenvalue weighted by atomic mass is 16.3. The molecule has 0 saturated heterocycles. The molecule has 3 rings (SSSR count). The fourth-order valence-corrected chi connectivity index (χ4v) is 3.50. The van der Waals surface area contributed by atoms with Crippen molar-refractivity contribution in [1.82, 2.24) is 4.98 Å². The SMILES string of the molecule is Cc1ccc2oc(C3CCC(N)C(C)C3(C)C)nc2c1. The zero-order valence-corrected chi connectivity index (χ0v) is 12.8. The lowest BCUT2D eigenvalue weighted by molar-refractivity contribution is 0.0855. The lowest BCUT2D eigenvalue weighted by atomic mass is 9.61. The number of nitrogens with zero attached hydrogens (tertiary/aromatic N) is 1. The van der Waals surface area contributed by atoms with Gasteiger partial charge in [0.1, 0.15) is 5.52 Å². The highest BCUT2D eigenvalue weighted by Crippen LogP contribution is 2.49. The van der Waals surface area contributed by atoms with Gasteiger partial charge >= 0.3 is 0 Å². The average molecular weight is 272 g/mol. The first-order valence-electron chi connectivity index (χ1n) is 7.52. The predicted octanol–water partition coefficient (Wildman–Crippen LogP) is 4.00. The first-order chi connectivity index (χ1) is 9.39. The summed E-state index contributed by atoms with van der Waals surface area (Å²) in [6.07, 6.45) is 2.11. The number of oxazole rings is 1. The molecule has 0 radical (unpaired) electrons. The van der Waals surface area contributed by atoms with E-state index >= 15 is 0 Å². The van der Waals surface area contributed by atoms with Crippen molar-refractivity contribution < 1.29 is 4.42 Å². The average Bonchev–Trinajstić information content (AvgIpc) is 2.78. The lowest BCUT2D eigenvalue weighted by Gasteiger charge is -2.45. The number of hydrogen-bond acceptors (Lipinski definition) is 3. The van der Waals surface area contributed by atoms with Crippen LogP contribution in [0.25, 0.3) is 11.1 Å². The zero-order valence-electron chi connectivity index (χ0n) is 12.8. The molecule has 1 aromatic heterocycles. The Morgan fingerprint density at radius 3 is 2.80 bits per heavy atom. The zero-order chi connectivity index (χ0) is 14.5. The molecule has 3 atom stereocenters. The fraction of sp³-hybridized carbons (Fsp3) is 0.588. The van der Waals surface area contributed by atoms with Gasteiger partial charge in [0.15, 0.2) is 11.5 Å². The number of aromatic nitrogens is 1. The third-order valence-corrected chi connectivity index (χ3v) is 5.36. The van der Waals surface area contributed by atoms with Crippen LogP contribution in [0.15, 0.2) is 22.6 Å². The summed E-state index contributed by atoms with van der Waals surface area (Å²) in [7, 11) is 0. The maximum Gasteiger partial charge on any atom is 0.199 e. The maximum absolute atomic E-state index is 6.24. The largest absolute Gasteiger partial charge is 0.440 e. The topological polar surface area (TPSA) is 52.0 Å². The molecule has 1 aliphatic rings. The minimum absolute atomic E-state index is 0.119. The van der Waals surface area contributed by atoms with Crippen LogP contribution in [0, 0.1) is 18.3 Å². The Bertz CT molecular complexity index is 629. The van der Waals surface area contributed by atoms with Gasteiger partial charge in [0.2, 0.25) is 0 Å². The first kappa shape index (κ1) is 13.6. The summed E-state index contributed by atoms with van der Waals surface area (Å²) >= 11 is 0. The Balaban J connectivity index is 2.01. The standard InChI is InChI=1S/C17H24N2O/c1-10-5-8-15-14(9-10)19-16(20-15)12-6-7-13(18)11(2)17(12,3)4/h5,8-9,11-13H,6-7,18H2,1-4H3. The van der Waals surface area contributed by atoms with Crippen molar-refractivity contribution in [2.24, 2.45) is 17.1 Å². The van der Waals surface area contributed by atoms with Crippen molar-refractivity contribution in [3.05, 3.63) is 29.7 Å². The minimum Gasteiger partial charge on any atom is -0.440 e. The van der Waals surface area contributed by atoms with Gasteiger partial charge in [-0.05, 0) is 48.8 Å². The number of benzene rings is 1. The molecule has 3 nitrogen and oxygen atoms in total. The van der Waals surface area contributed by atoms with Crippen molar-refractivity contribution in [2.75, 3.05) is 0 Å². The number of hydrogen-bond donors (Lipinski definition) is 1. The Morgan fingerprint density at radius 1 is 1.30 bits per heavy atom. The number of aryl methyl sites for hydroxylation is 1. The molecule has 3 unspecified atom stereocenters. The van der Waals surface area contributed by atoms with Gasteiger partial charge in [-0.15, -0.1) is 0 Å². The van der Waals surface area contributed by atoms with E-state index in [1.54, 1.807) is 0 Å². The molecule has 1 heterocycles. The summed E-state index contributed by atoms with van der Waals surface area (Å²) in [6, 6.07) is 6.47. The summed E-state index contributed by atoms with van der Waals surface area (Å²) < 4.78 is 6.03. The molecular formula is C17H24N2O. The van der Waals surface area contributed by atoms with Crippen molar-refractivity contribution in [3.8, 4) is 0 Å². The number of nitrogens with two attached hydrogens (primary N) is 1. The summed E-state index contributed by atoms with van der Waals surface area (Å²) in [5.41, 5.74) is 9.44. The van der Waals surface area contributed by atoms with Gasteiger partial charge in [-0.2, -0.15) is 0 Å². The van der Waals surface area contributed by atoms with Crippen molar-refractivity contribution in [1.29, 1.82) is 0 Å². The van der Waals surface area contributed by atoms with Gasteiger partial charge in [0.05, 0.1) is 0 Å². The molecule has 20 heavy (non-hydrogen) atoms. The minimum atomic E-state index is 0.119. The highest BCUT2D eigenvalue weighted by Gasteiger charge is 2.44. The lowest BCUT2D eigenvalue weighted by Crippen LogP contribution is -2.45. The smallest absolute Gasteiger partial charge is 0.199 e. The quantitative estimate of drug-likeness (QED) is 0.853. The van der Waals surface area contributed by atoms with Crippen LogP contribution in [0.5, 0.6) is 0 Å². The van der Waals surface area contributed by atoms with Crippen LogP contribution in [0.4, 0.5) is 0 Å². The molecule has 0 bridgehead atoms. The van der Waals surface area contributed by atoms with Gasteiger partial charge in [-0.25, -0.2) is 4.98 Å². The molecule has 2 N–H and O–H groups in total. The number of rotatable bonds is 1. The van der Waals surface area contributed by atoms with Gasteiger partial charge in [0, 0.05) is 12.0 Å². The Hall–Kier alpha value is -1.35. The highest BCUT2D eigenvalue weighted by molar-refractivity contribution is 5.73. The second-order valence-electron chi connectivity index (χ2n) is 6.93. The van der Waals surface area contributed by atoms with Crippen LogP contribution in [0.3, 0.4) is 0 Å². The Morgan fingerprint density at radius 2 is 2.05 bits per heavy atom. The van der Waals surface area contributed by atoms with E-state index in [0.29, 0.717) is 11.8 Å². The van der Waals surface area contributed by atoms with Crippen molar-refractivity contribution in [3.63, 3.8) is 0 Å². The molecule has 0 aliphatic heterocycles. The molecule has 1 fully saturated rings. The van der Waals surface area contributed by atoms with E-state index in [0.717, 1.165) is 29.8 Å². The first-order valence-corrected chi connectivity index (χ1v) is 7.52. The van der Waals surface area contributed by atoms with E-state index in [2.05, 4.69) is 39.8 Å². The van der Waals surface area contributed by atoms with Gasteiger partial charge in [-0.3, -0.25) is 0 Å². The maximum atomic E-state index is 6.24. The van der Waals surface area contributed by atoms with E-state index in [1.165, 1.54) is 5.56 Å². The van der Waals surface area contributed by atoms with Crippen LogP contribution >= 0.6 is 0 Å². The molecule has 108 valence electrons. The third kappa shape index (κ3) is 2.05. The van der Waals surface area contributed by atoms with Gasteiger partial charge in [0.25, 0.3) is 0 Å². The van der Waals surface area contributed by atoms with E-state index in [4.69, 9.17) is 15.1 Å². The van der Waals surface area contributed by atoms with Crippen LogP contribution in [0.2, 0.25) is 0 Å². The molecule has 1 aliphatic carbocycles. The third-order valence-electron chi connectivity index (χ3n) is 5.36. The van der Waals surface area contributed by atoms with Crippen LogP contribution in [-0.2, 0) is 0 Å². The molecular weight excluding hydrogens is 248 g/mol. The molecule has 3 heteroatoms. The van der Waals surface area contributed by atoms with E-state index in [9.17, 15) is 0 Å². The Kier molecular flexibility index (Phi) is 3.13. The van der Waals surface area contributed by atoms with Gasteiger partial charge < -0.3 is 10.2 Å². The second kappa shape index (κ2) is 4.59. The van der Waals surface area contributed by atoms with Crippen LogP contribution in [0.1, 0.15) is 51.0 Å². The van der Waals surface area contributed by atoms with E-state index in [1.807, 2.05) is 6.07 Å². The molecule has 1 saturated carbocycles. The molecule has 2 aromatic rings. The molecule has 0 amide bonds. The fourth-order valence-electron chi connectivity index (χ4n) is 3.50. The normalized spacial score (nSPS) is 29.8. The van der Waals surface area contributed by atoms with Crippen LogP contribution in [-0.4, -0.2) is 11.0 Å². The predicted molar refractivity (Wildman–Crippen MR) is 81.6 cm³/mol. The number of fused-ring (bicyclic) bond motifs is 1. The summed E-state index contributed by atoms with van der Waals surface area (Å²) in [5.74, 6) is 1.71. The van der Waals surface area contributed by atoms with Crippen molar-refractivity contribution in [2.45, 2.75) is 52.5 Å². The summed E-state index contributed by atoms with van der Waals surface area (Å²) in [5, 5.41) is 0. The molecule has 1 aromatic carbocycles. The monoisotopic (exact) mass is 272 g/mol.